The molecule has 1 aliphatic heterocycles. The van der Waals surface area contributed by atoms with E-state index in [0.29, 0.717) is 0 Å². The van der Waals surface area contributed by atoms with Crippen LogP contribution >= 0.6 is 45.2 Å². The van der Waals surface area contributed by atoms with E-state index in [1.807, 2.05) is 0 Å². The van der Waals surface area contributed by atoms with Gasteiger partial charge in [0.2, 0.25) is 0 Å². The van der Waals surface area contributed by atoms with Crippen molar-refractivity contribution in [3.63, 3.8) is 0 Å². The molecular weight excluding hydrogens is 558 g/mol. The Morgan fingerprint density at radius 3 is 2.04 bits per heavy atom. The number of aliphatic imine (C=N–C) groups is 1. The number of hydrogen-bond acceptors (Lipinski definition) is 1. The minimum Gasteiger partial charge on any atom is -0.349 e. The lowest BCUT2D eigenvalue weighted by molar-refractivity contribution is 1.04. The summed E-state index contributed by atoms with van der Waals surface area (Å²) in [4.78, 5) is 8.79. The highest BCUT2D eigenvalue weighted by molar-refractivity contribution is 14.1. The van der Waals surface area contributed by atoms with Crippen LogP contribution in [0.2, 0.25) is 0 Å². The highest BCUT2D eigenvalue weighted by atomic mass is 127. The number of allylic oxidation sites excluding steroid dienone is 2. The molecule has 0 unspecified atom stereocenters. The molecule has 0 atom stereocenters. The molecule has 1 aromatic heterocycles. The second-order valence-electron chi connectivity index (χ2n) is 6.63. The number of H-pyrrole nitrogens is 1. The van der Waals surface area contributed by atoms with Gasteiger partial charge < -0.3 is 4.98 Å². The zero-order valence-electron chi connectivity index (χ0n) is 16.4. The molecular formula is C23H26I2N2. The van der Waals surface area contributed by atoms with E-state index in [0.717, 1.165) is 35.1 Å². The summed E-state index contributed by atoms with van der Waals surface area (Å²) >= 11 is 4.85. The van der Waals surface area contributed by atoms with Crippen LogP contribution in [0, 0.1) is 3.70 Å². The van der Waals surface area contributed by atoms with Crippen LogP contribution < -0.4 is 0 Å². The standard InChI is InChI=1S/C23H26I2N2/c1-5-15-17(7-3)22(24)26-20(15)19(14-12-10-9-11-13-14)21-16(6-2)18(8-4)23(25)27-21/h9-13,26H,5-8H2,1-4H3/b21-19-. The Bertz CT molecular complexity index is 931. The van der Waals surface area contributed by atoms with Crippen LogP contribution in [-0.4, -0.2) is 8.70 Å². The quantitative estimate of drug-likeness (QED) is 0.342. The van der Waals surface area contributed by atoms with Gasteiger partial charge in [-0.15, -0.1) is 0 Å². The lowest BCUT2D eigenvalue weighted by atomic mass is 9.91. The van der Waals surface area contributed by atoms with Crippen molar-refractivity contribution in [2.45, 2.75) is 53.4 Å². The van der Waals surface area contributed by atoms with E-state index < -0.39 is 0 Å². The van der Waals surface area contributed by atoms with Crippen molar-refractivity contribution < 1.29 is 0 Å². The Labute approximate surface area is 189 Å². The lowest BCUT2D eigenvalue weighted by Gasteiger charge is -2.14. The molecule has 0 amide bonds. The van der Waals surface area contributed by atoms with Crippen molar-refractivity contribution in [2.24, 2.45) is 4.99 Å². The fourth-order valence-corrected chi connectivity index (χ4v) is 5.89. The first-order chi connectivity index (χ1) is 13.1. The van der Waals surface area contributed by atoms with Crippen LogP contribution in [0.5, 0.6) is 0 Å². The molecule has 4 heteroatoms. The first kappa shape index (κ1) is 20.8. The molecule has 27 heavy (non-hydrogen) atoms. The fourth-order valence-electron chi connectivity index (χ4n) is 3.97. The normalized spacial score (nSPS) is 16.1. The summed E-state index contributed by atoms with van der Waals surface area (Å²) in [6, 6.07) is 10.7. The van der Waals surface area contributed by atoms with Crippen LogP contribution in [0.15, 0.2) is 52.2 Å². The van der Waals surface area contributed by atoms with Gasteiger partial charge in [-0.1, -0.05) is 58.0 Å². The maximum Gasteiger partial charge on any atom is 0.105 e. The van der Waals surface area contributed by atoms with Gasteiger partial charge in [0.15, 0.2) is 0 Å². The highest BCUT2D eigenvalue weighted by Crippen LogP contribution is 2.41. The van der Waals surface area contributed by atoms with Gasteiger partial charge in [0, 0.05) is 5.57 Å². The summed E-state index contributed by atoms with van der Waals surface area (Å²) in [7, 11) is 0. The van der Waals surface area contributed by atoms with E-state index in [-0.39, 0.29) is 0 Å². The molecule has 0 bridgehead atoms. The summed E-state index contributed by atoms with van der Waals surface area (Å²) < 4.78 is 2.40. The van der Waals surface area contributed by atoms with Crippen molar-refractivity contribution >= 4 is 54.5 Å². The average molecular weight is 584 g/mol. The molecule has 0 saturated carbocycles. The second-order valence-corrected chi connectivity index (χ2v) is 8.74. The van der Waals surface area contributed by atoms with Gasteiger partial charge >= 0.3 is 0 Å². The Morgan fingerprint density at radius 2 is 1.48 bits per heavy atom. The van der Waals surface area contributed by atoms with Gasteiger partial charge in [0.25, 0.3) is 0 Å². The molecule has 1 aromatic carbocycles. The number of hydrogen-bond donors (Lipinski definition) is 1. The van der Waals surface area contributed by atoms with Gasteiger partial charge in [-0.2, -0.15) is 0 Å². The number of rotatable bonds is 6. The topological polar surface area (TPSA) is 28.1 Å². The van der Waals surface area contributed by atoms with Crippen LogP contribution in [-0.2, 0) is 12.8 Å². The third-order valence-electron chi connectivity index (χ3n) is 5.24. The number of aromatic amines is 1. The predicted molar refractivity (Wildman–Crippen MR) is 134 cm³/mol. The van der Waals surface area contributed by atoms with E-state index in [1.165, 1.54) is 42.8 Å². The first-order valence-electron chi connectivity index (χ1n) is 9.73. The fraction of sp³-hybridized carbons (Fsp3) is 0.348. The predicted octanol–water partition coefficient (Wildman–Crippen LogP) is 7.47. The first-order valence-corrected chi connectivity index (χ1v) is 11.9. The summed E-state index contributed by atoms with van der Waals surface area (Å²) in [5.74, 6) is 0. The number of nitrogens with zero attached hydrogens (tertiary/aromatic N) is 1. The summed E-state index contributed by atoms with van der Waals surface area (Å²) in [5, 5.41) is 0. The summed E-state index contributed by atoms with van der Waals surface area (Å²) in [5.41, 5.74) is 10.5. The van der Waals surface area contributed by atoms with E-state index in [1.54, 1.807) is 0 Å². The maximum atomic E-state index is 5.07. The molecule has 142 valence electrons. The van der Waals surface area contributed by atoms with Crippen LogP contribution in [0.1, 0.15) is 62.9 Å². The molecule has 0 saturated heterocycles. The van der Waals surface area contributed by atoms with Crippen molar-refractivity contribution in [3.05, 3.63) is 73.3 Å². The number of aromatic nitrogens is 1. The van der Waals surface area contributed by atoms with E-state index in [2.05, 4.69) is 108 Å². The zero-order valence-corrected chi connectivity index (χ0v) is 20.7. The molecule has 0 spiro atoms. The lowest BCUT2D eigenvalue weighted by Crippen LogP contribution is -1.99. The third kappa shape index (κ3) is 3.84. The van der Waals surface area contributed by atoms with Gasteiger partial charge in [-0.25, -0.2) is 4.99 Å². The number of halogens is 2. The molecule has 2 nitrogen and oxygen atoms in total. The van der Waals surface area contributed by atoms with Crippen LogP contribution in [0.25, 0.3) is 5.57 Å². The van der Waals surface area contributed by atoms with Gasteiger partial charge in [0.1, 0.15) is 3.72 Å². The molecule has 0 fully saturated rings. The highest BCUT2D eigenvalue weighted by Gasteiger charge is 2.27. The minimum absolute atomic E-state index is 1.00. The van der Waals surface area contributed by atoms with E-state index in [4.69, 9.17) is 4.99 Å². The Hall–Kier alpha value is -0.890. The largest absolute Gasteiger partial charge is 0.349 e. The van der Waals surface area contributed by atoms with Crippen molar-refractivity contribution in [3.8, 4) is 0 Å². The summed E-state index contributed by atoms with van der Waals surface area (Å²) in [6.07, 6.45) is 4.10. The van der Waals surface area contributed by atoms with Crippen molar-refractivity contribution in [1.82, 2.24) is 4.98 Å². The monoisotopic (exact) mass is 584 g/mol. The Morgan fingerprint density at radius 1 is 0.852 bits per heavy atom. The second kappa shape index (κ2) is 9.07. The Balaban J connectivity index is 2.39. The summed E-state index contributed by atoms with van der Waals surface area (Å²) in [6.45, 7) is 8.97. The molecule has 1 aliphatic rings. The third-order valence-corrected chi connectivity index (χ3v) is 7.05. The zero-order chi connectivity index (χ0) is 19.6. The molecule has 3 rings (SSSR count). The molecule has 2 heterocycles. The van der Waals surface area contributed by atoms with Crippen molar-refractivity contribution in [2.75, 3.05) is 0 Å². The van der Waals surface area contributed by atoms with Crippen molar-refractivity contribution in [1.29, 1.82) is 0 Å². The number of nitrogens with one attached hydrogen (secondary N) is 1. The minimum atomic E-state index is 1.00. The van der Waals surface area contributed by atoms with Gasteiger partial charge in [0.05, 0.1) is 15.1 Å². The maximum absolute atomic E-state index is 5.07. The number of benzene rings is 1. The van der Waals surface area contributed by atoms with Crippen LogP contribution in [0.4, 0.5) is 0 Å². The average Bonchev–Trinajstić information content (AvgIpc) is 3.18. The molecule has 0 aliphatic carbocycles. The van der Waals surface area contributed by atoms with E-state index >= 15 is 0 Å². The molecule has 1 N–H and O–H groups in total. The van der Waals surface area contributed by atoms with Gasteiger partial charge in [-0.05, 0) is 98.7 Å². The van der Waals surface area contributed by atoms with E-state index in [9.17, 15) is 0 Å². The van der Waals surface area contributed by atoms with Crippen LogP contribution in [0.3, 0.4) is 0 Å². The smallest absolute Gasteiger partial charge is 0.105 e. The molecule has 0 radical (unpaired) electrons. The van der Waals surface area contributed by atoms with Gasteiger partial charge in [-0.3, -0.25) is 0 Å². The Kier molecular flexibility index (Phi) is 7.00. The SMILES string of the molecule is CCC1=C(CC)/C(=C(\c2ccccc2)c2[nH]c(I)c(CC)c2CC)N=C1I. The molecule has 2 aromatic rings.